The summed E-state index contributed by atoms with van der Waals surface area (Å²) in [5, 5.41) is 8.95. The van der Waals surface area contributed by atoms with Crippen LogP contribution in [0.25, 0.3) is 0 Å². The SMILES string of the molecule is COCCNS(=O)(=O)c1cccc(C(=O)N(CC(=O)O)C2CC2)c1. The minimum atomic E-state index is -3.76. The number of amides is 1. The number of carbonyl (C=O) groups is 2. The molecule has 9 heteroatoms. The highest BCUT2D eigenvalue weighted by atomic mass is 32.2. The molecule has 0 radical (unpaired) electrons. The molecule has 1 saturated carbocycles. The third-order valence-corrected chi connectivity index (χ3v) is 5.00. The molecule has 1 fully saturated rings. The zero-order valence-electron chi connectivity index (χ0n) is 13.3. The van der Waals surface area contributed by atoms with Gasteiger partial charge in [0.2, 0.25) is 10.0 Å². The fourth-order valence-corrected chi connectivity index (χ4v) is 3.28. The van der Waals surface area contributed by atoms with Crippen LogP contribution in [-0.2, 0) is 19.6 Å². The molecule has 1 aliphatic rings. The average Bonchev–Trinajstić information content (AvgIpc) is 3.37. The largest absolute Gasteiger partial charge is 0.480 e. The highest BCUT2D eigenvalue weighted by Crippen LogP contribution is 2.28. The van der Waals surface area contributed by atoms with E-state index in [0.29, 0.717) is 0 Å². The maximum absolute atomic E-state index is 12.5. The molecule has 0 heterocycles. The number of carboxylic acids is 1. The molecule has 0 aliphatic heterocycles. The van der Waals surface area contributed by atoms with Crippen molar-refractivity contribution in [3.8, 4) is 0 Å². The van der Waals surface area contributed by atoms with Gasteiger partial charge in [0.25, 0.3) is 5.91 Å². The molecular weight excluding hydrogens is 336 g/mol. The second kappa shape index (κ2) is 7.73. The molecule has 0 atom stereocenters. The van der Waals surface area contributed by atoms with Gasteiger partial charge in [0.05, 0.1) is 11.5 Å². The maximum atomic E-state index is 12.5. The Balaban J connectivity index is 2.19. The summed E-state index contributed by atoms with van der Waals surface area (Å²) in [6, 6.07) is 5.49. The number of nitrogens with one attached hydrogen (secondary N) is 1. The second-order valence-electron chi connectivity index (χ2n) is 5.48. The fourth-order valence-electron chi connectivity index (χ4n) is 2.22. The first-order chi connectivity index (χ1) is 11.3. The van der Waals surface area contributed by atoms with Crippen molar-refractivity contribution in [2.24, 2.45) is 0 Å². The van der Waals surface area contributed by atoms with Gasteiger partial charge in [-0.15, -0.1) is 0 Å². The predicted octanol–water partition coefficient (Wildman–Crippen LogP) is 0.301. The molecule has 0 aromatic heterocycles. The van der Waals surface area contributed by atoms with Crippen LogP contribution in [-0.4, -0.2) is 63.1 Å². The van der Waals surface area contributed by atoms with Crippen molar-refractivity contribution in [3.63, 3.8) is 0 Å². The predicted molar refractivity (Wildman–Crippen MR) is 85.2 cm³/mol. The lowest BCUT2D eigenvalue weighted by atomic mass is 10.2. The molecule has 0 unspecified atom stereocenters. The number of aliphatic carboxylic acids is 1. The molecule has 0 bridgehead atoms. The highest BCUT2D eigenvalue weighted by Gasteiger charge is 2.34. The van der Waals surface area contributed by atoms with E-state index in [1.165, 1.54) is 36.3 Å². The van der Waals surface area contributed by atoms with Crippen LogP contribution in [0.4, 0.5) is 0 Å². The average molecular weight is 356 g/mol. The first-order valence-corrected chi connectivity index (χ1v) is 8.95. The molecule has 132 valence electrons. The first-order valence-electron chi connectivity index (χ1n) is 7.46. The van der Waals surface area contributed by atoms with E-state index in [9.17, 15) is 18.0 Å². The number of hydrogen-bond acceptors (Lipinski definition) is 5. The number of methoxy groups -OCH3 is 1. The lowest BCUT2D eigenvalue weighted by molar-refractivity contribution is -0.137. The first kappa shape index (κ1) is 18.4. The Bertz CT molecular complexity index is 714. The summed E-state index contributed by atoms with van der Waals surface area (Å²) in [6.45, 7) is -0.0529. The van der Waals surface area contributed by atoms with Gasteiger partial charge in [-0.1, -0.05) is 6.07 Å². The Labute approximate surface area is 140 Å². The lowest BCUT2D eigenvalue weighted by Crippen LogP contribution is -2.37. The minimum absolute atomic E-state index is 0.0458. The number of rotatable bonds is 9. The normalized spacial score (nSPS) is 14.4. The van der Waals surface area contributed by atoms with Crippen LogP contribution in [0.2, 0.25) is 0 Å². The molecule has 1 aromatic rings. The van der Waals surface area contributed by atoms with Crippen molar-refractivity contribution in [3.05, 3.63) is 29.8 Å². The van der Waals surface area contributed by atoms with Gasteiger partial charge in [0, 0.05) is 25.3 Å². The number of benzene rings is 1. The fraction of sp³-hybridized carbons (Fsp3) is 0.467. The molecule has 1 aliphatic carbocycles. The van der Waals surface area contributed by atoms with Crippen molar-refractivity contribution in [2.75, 3.05) is 26.8 Å². The Hall–Kier alpha value is -1.97. The van der Waals surface area contributed by atoms with Crippen LogP contribution in [0.15, 0.2) is 29.2 Å². The van der Waals surface area contributed by atoms with E-state index in [4.69, 9.17) is 9.84 Å². The molecule has 8 nitrogen and oxygen atoms in total. The maximum Gasteiger partial charge on any atom is 0.323 e. The van der Waals surface area contributed by atoms with Crippen molar-refractivity contribution in [1.29, 1.82) is 0 Å². The lowest BCUT2D eigenvalue weighted by Gasteiger charge is -2.20. The minimum Gasteiger partial charge on any atom is -0.480 e. The molecule has 1 aromatic carbocycles. The van der Waals surface area contributed by atoms with E-state index < -0.39 is 28.4 Å². The van der Waals surface area contributed by atoms with Crippen molar-refractivity contribution in [2.45, 2.75) is 23.8 Å². The number of carbonyl (C=O) groups excluding carboxylic acids is 1. The topological polar surface area (TPSA) is 113 Å². The highest BCUT2D eigenvalue weighted by molar-refractivity contribution is 7.89. The van der Waals surface area contributed by atoms with Gasteiger partial charge in [-0.3, -0.25) is 9.59 Å². The molecule has 2 N–H and O–H groups in total. The third-order valence-electron chi connectivity index (χ3n) is 3.54. The van der Waals surface area contributed by atoms with Crippen LogP contribution >= 0.6 is 0 Å². The van der Waals surface area contributed by atoms with E-state index in [-0.39, 0.29) is 29.7 Å². The summed E-state index contributed by atoms with van der Waals surface area (Å²) in [5.41, 5.74) is 0.151. The quantitative estimate of drug-likeness (QED) is 0.615. The molecule has 24 heavy (non-hydrogen) atoms. The molecule has 0 saturated heterocycles. The number of sulfonamides is 1. The van der Waals surface area contributed by atoms with Crippen molar-refractivity contribution in [1.82, 2.24) is 9.62 Å². The third kappa shape index (κ3) is 4.76. The van der Waals surface area contributed by atoms with E-state index in [0.717, 1.165) is 12.8 Å². The zero-order valence-corrected chi connectivity index (χ0v) is 14.1. The van der Waals surface area contributed by atoms with Crippen molar-refractivity contribution >= 4 is 21.9 Å². The summed E-state index contributed by atoms with van der Waals surface area (Å²) < 4.78 is 31.5. The van der Waals surface area contributed by atoms with Crippen LogP contribution in [0, 0.1) is 0 Å². The Kier molecular flexibility index (Phi) is 5.92. The summed E-state index contributed by atoms with van der Waals surface area (Å²) in [5.74, 6) is -1.57. The van der Waals surface area contributed by atoms with Crippen LogP contribution < -0.4 is 4.72 Å². The van der Waals surface area contributed by atoms with Gasteiger partial charge >= 0.3 is 5.97 Å². The van der Waals surface area contributed by atoms with Gasteiger partial charge in [-0.25, -0.2) is 13.1 Å². The van der Waals surface area contributed by atoms with Crippen LogP contribution in [0.3, 0.4) is 0 Å². The smallest absolute Gasteiger partial charge is 0.323 e. The van der Waals surface area contributed by atoms with E-state index >= 15 is 0 Å². The zero-order chi connectivity index (χ0) is 17.7. The molecular formula is C15H20N2O6S. The number of ether oxygens (including phenoxy) is 1. The molecule has 2 rings (SSSR count). The summed E-state index contributed by atoms with van der Waals surface area (Å²) in [7, 11) is -2.30. The molecule has 0 spiro atoms. The number of nitrogens with zero attached hydrogens (tertiary/aromatic N) is 1. The Morgan fingerprint density at radius 3 is 2.67 bits per heavy atom. The van der Waals surface area contributed by atoms with Crippen LogP contribution in [0.1, 0.15) is 23.2 Å². The Morgan fingerprint density at radius 1 is 1.38 bits per heavy atom. The van der Waals surface area contributed by atoms with Gasteiger partial charge in [0.1, 0.15) is 6.54 Å². The van der Waals surface area contributed by atoms with E-state index in [1.807, 2.05) is 0 Å². The number of hydrogen-bond donors (Lipinski definition) is 2. The standard InChI is InChI=1S/C15H20N2O6S/c1-23-8-7-16-24(21,22)13-4-2-3-11(9-13)15(20)17(10-14(18)19)12-5-6-12/h2-4,9,12,16H,5-8,10H2,1H3,(H,18,19). The van der Waals surface area contributed by atoms with E-state index in [2.05, 4.69) is 4.72 Å². The Morgan fingerprint density at radius 2 is 2.08 bits per heavy atom. The van der Waals surface area contributed by atoms with Crippen molar-refractivity contribution < 1.29 is 27.9 Å². The van der Waals surface area contributed by atoms with Gasteiger partial charge < -0.3 is 14.7 Å². The summed E-state index contributed by atoms with van der Waals surface area (Å²) in [6.07, 6.45) is 1.52. The second-order valence-corrected chi connectivity index (χ2v) is 7.24. The molecule has 1 amide bonds. The van der Waals surface area contributed by atoms with Gasteiger partial charge in [-0.2, -0.15) is 0 Å². The monoisotopic (exact) mass is 356 g/mol. The van der Waals surface area contributed by atoms with Crippen LogP contribution in [0.5, 0.6) is 0 Å². The van der Waals surface area contributed by atoms with Gasteiger partial charge in [-0.05, 0) is 31.0 Å². The van der Waals surface area contributed by atoms with E-state index in [1.54, 1.807) is 0 Å². The summed E-state index contributed by atoms with van der Waals surface area (Å²) in [4.78, 5) is 24.7. The summed E-state index contributed by atoms with van der Waals surface area (Å²) >= 11 is 0. The van der Waals surface area contributed by atoms with Gasteiger partial charge in [0.15, 0.2) is 0 Å². The number of carboxylic acid groups (broad SMARTS) is 1.